The molecule has 2 atom stereocenters. The predicted octanol–water partition coefficient (Wildman–Crippen LogP) is 4.14. The third kappa shape index (κ3) is 3.03. The van der Waals surface area contributed by atoms with Crippen LogP contribution in [0.3, 0.4) is 0 Å². The highest BCUT2D eigenvalue weighted by Gasteiger charge is 2.24. The molecule has 84 valence electrons. The number of rotatable bonds is 3. The van der Waals surface area contributed by atoms with E-state index in [0.29, 0.717) is 11.8 Å². The lowest BCUT2D eigenvalue weighted by Gasteiger charge is -2.27. The fourth-order valence-corrected chi connectivity index (χ4v) is 1.88. The van der Waals surface area contributed by atoms with E-state index in [1.165, 1.54) is 0 Å². The summed E-state index contributed by atoms with van der Waals surface area (Å²) < 4.78 is 1.95. The molecule has 1 aliphatic rings. The zero-order valence-electron chi connectivity index (χ0n) is 9.74. The van der Waals surface area contributed by atoms with Crippen LogP contribution in [0.2, 0.25) is 0 Å². The van der Waals surface area contributed by atoms with Crippen LogP contribution in [0.25, 0.3) is 0 Å². The zero-order chi connectivity index (χ0) is 11.6. The van der Waals surface area contributed by atoms with Crippen LogP contribution >= 0.6 is 22.9 Å². The van der Waals surface area contributed by atoms with Gasteiger partial charge in [-0.25, -0.2) is 0 Å². The molecule has 4 heteroatoms. The highest BCUT2D eigenvalue weighted by Crippen LogP contribution is 2.30. The van der Waals surface area contributed by atoms with E-state index in [1.807, 2.05) is 10.0 Å². The topological polar surface area (TPSA) is 28.0 Å². The summed E-state index contributed by atoms with van der Waals surface area (Å²) in [7, 11) is 0. The van der Waals surface area contributed by atoms with Crippen molar-refractivity contribution in [3.05, 3.63) is 24.2 Å². The molecule has 0 radical (unpaired) electrons. The molecule has 0 N–H and O–H groups in total. The fraction of sp³-hybridized carbons (Fsp3) is 0.636. The van der Waals surface area contributed by atoms with Gasteiger partial charge in [0.2, 0.25) is 0 Å². The van der Waals surface area contributed by atoms with Crippen molar-refractivity contribution in [2.75, 3.05) is 0 Å². The maximum absolute atomic E-state index is 4.29. The van der Waals surface area contributed by atoms with Gasteiger partial charge < -0.3 is 0 Å². The summed E-state index contributed by atoms with van der Waals surface area (Å²) in [4.78, 5) is 0. The van der Waals surface area contributed by atoms with E-state index < -0.39 is 0 Å². The summed E-state index contributed by atoms with van der Waals surface area (Å²) in [5.74, 6) is 1.96. The fourth-order valence-electron chi connectivity index (χ4n) is 1.62. The SMILES string of the molecule is C=C(C)N(I)C1=CC(C(C)C)C(C)N=N1. The second-order valence-electron chi connectivity index (χ2n) is 4.32. The predicted molar refractivity (Wildman–Crippen MR) is 71.4 cm³/mol. The van der Waals surface area contributed by atoms with E-state index in [9.17, 15) is 0 Å². The number of azo groups is 1. The van der Waals surface area contributed by atoms with Crippen molar-refractivity contribution in [2.24, 2.45) is 22.1 Å². The quantitative estimate of drug-likeness (QED) is 0.567. The lowest BCUT2D eigenvalue weighted by atomic mass is 9.89. The van der Waals surface area contributed by atoms with Crippen LogP contribution in [-0.2, 0) is 0 Å². The van der Waals surface area contributed by atoms with Gasteiger partial charge in [-0.05, 0) is 25.8 Å². The van der Waals surface area contributed by atoms with Crippen LogP contribution in [0.5, 0.6) is 0 Å². The molecule has 0 aliphatic carbocycles. The largest absolute Gasteiger partial charge is 0.271 e. The van der Waals surface area contributed by atoms with Gasteiger partial charge in [0.15, 0.2) is 5.82 Å². The number of allylic oxidation sites excluding steroid dienone is 1. The molecule has 1 rings (SSSR count). The average Bonchev–Trinajstić information content (AvgIpc) is 2.16. The summed E-state index contributed by atoms with van der Waals surface area (Å²) >= 11 is 2.20. The van der Waals surface area contributed by atoms with E-state index in [0.717, 1.165) is 11.5 Å². The Labute approximate surface area is 106 Å². The molecule has 2 unspecified atom stereocenters. The number of hydrogen-bond donors (Lipinski definition) is 0. The van der Waals surface area contributed by atoms with Crippen LogP contribution in [0, 0.1) is 11.8 Å². The van der Waals surface area contributed by atoms with Gasteiger partial charge in [-0.15, -0.1) is 5.11 Å². The van der Waals surface area contributed by atoms with E-state index in [2.05, 4.69) is 66.5 Å². The van der Waals surface area contributed by atoms with Crippen LogP contribution < -0.4 is 0 Å². The van der Waals surface area contributed by atoms with Crippen molar-refractivity contribution >= 4 is 22.9 Å². The Morgan fingerprint density at radius 3 is 2.67 bits per heavy atom. The zero-order valence-corrected chi connectivity index (χ0v) is 11.9. The van der Waals surface area contributed by atoms with Crippen molar-refractivity contribution in [3.63, 3.8) is 0 Å². The molecule has 0 fully saturated rings. The molecule has 0 amide bonds. The number of nitrogens with zero attached hydrogens (tertiary/aromatic N) is 3. The standard InChI is InChI=1S/C11H18IN3/c1-7(2)10-6-11(14-13-9(10)5)15(12)8(3)4/h6-7,9-10H,3H2,1-2,4-5H3. The summed E-state index contributed by atoms with van der Waals surface area (Å²) in [5, 5.41) is 8.49. The molecule has 0 aromatic heterocycles. The van der Waals surface area contributed by atoms with E-state index in [4.69, 9.17) is 0 Å². The van der Waals surface area contributed by atoms with Crippen molar-refractivity contribution in [2.45, 2.75) is 33.7 Å². The molecule has 0 bridgehead atoms. The molecule has 1 heterocycles. The lowest BCUT2D eigenvalue weighted by molar-refractivity contribution is 0.376. The molecule has 3 nitrogen and oxygen atoms in total. The minimum absolute atomic E-state index is 0.281. The Hall–Kier alpha value is -0.390. The van der Waals surface area contributed by atoms with Crippen LogP contribution in [0.4, 0.5) is 0 Å². The van der Waals surface area contributed by atoms with Gasteiger partial charge in [0.25, 0.3) is 0 Å². The minimum Gasteiger partial charge on any atom is -0.271 e. The van der Waals surface area contributed by atoms with E-state index >= 15 is 0 Å². The van der Waals surface area contributed by atoms with Crippen LogP contribution in [-0.4, -0.2) is 9.16 Å². The van der Waals surface area contributed by atoms with E-state index in [-0.39, 0.29) is 6.04 Å². The monoisotopic (exact) mass is 319 g/mol. The highest BCUT2D eigenvalue weighted by molar-refractivity contribution is 14.1. The number of hydrogen-bond acceptors (Lipinski definition) is 3. The third-order valence-electron chi connectivity index (χ3n) is 2.55. The first-order chi connectivity index (χ1) is 6.93. The van der Waals surface area contributed by atoms with Crippen molar-refractivity contribution < 1.29 is 0 Å². The Kier molecular flexibility index (Phi) is 4.31. The van der Waals surface area contributed by atoms with Gasteiger partial charge in [-0.2, -0.15) is 5.11 Å². The molecule has 0 saturated heterocycles. The first kappa shape index (κ1) is 12.7. The molecular formula is C11H18IN3. The third-order valence-corrected chi connectivity index (χ3v) is 3.86. The van der Waals surface area contributed by atoms with Gasteiger partial charge in [0.1, 0.15) is 0 Å². The minimum atomic E-state index is 0.281. The van der Waals surface area contributed by atoms with Gasteiger partial charge in [0.05, 0.1) is 28.9 Å². The smallest absolute Gasteiger partial charge is 0.160 e. The molecule has 1 aliphatic heterocycles. The van der Waals surface area contributed by atoms with Crippen LogP contribution in [0.1, 0.15) is 27.7 Å². The first-order valence-corrected chi connectivity index (χ1v) is 6.14. The van der Waals surface area contributed by atoms with Gasteiger partial charge in [-0.1, -0.05) is 20.4 Å². The average molecular weight is 319 g/mol. The van der Waals surface area contributed by atoms with Crippen molar-refractivity contribution in [3.8, 4) is 0 Å². The maximum atomic E-state index is 4.29. The molecule has 15 heavy (non-hydrogen) atoms. The summed E-state index contributed by atoms with van der Waals surface area (Å²) in [6.07, 6.45) is 2.20. The van der Waals surface area contributed by atoms with Crippen LogP contribution in [0.15, 0.2) is 34.4 Å². The Bertz CT molecular complexity index is 307. The van der Waals surface area contributed by atoms with E-state index in [1.54, 1.807) is 0 Å². The summed E-state index contributed by atoms with van der Waals surface area (Å²) in [6.45, 7) is 12.4. The van der Waals surface area contributed by atoms with Crippen molar-refractivity contribution in [1.29, 1.82) is 0 Å². The Morgan fingerprint density at radius 2 is 2.20 bits per heavy atom. The molecular weight excluding hydrogens is 301 g/mol. The van der Waals surface area contributed by atoms with Gasteiger partial charge in [0, 0.05) is 11.6 Å². The lowest BCUT2D eigenvalue weighted by Crippen LogP contribution is -2.23. The molecule has 0 saturated carbocycles. The Morgan fingerprint density at radius 1 is 1.60 bits per heavy atom. The molecule has 0 spiro atoms. The second-order valence-corrected chi connectivity index (χ2v) is 5.28. The normalized spacial score (nSPS) is 25.3. The Balaban J connectivity index is 2.88. The number of halogens is 1. The van der Waals surface area contributed by atoms with Gasteiger partial charge >= 0.3 is 0 Å². The van der Waals surface area contributed by atoms with Crippen molar-refractivity contribution in [1.82, 2.24) is 3.11 Å². The van der Waals surface area contributed by atoms with Gasteiger partial charge in [-0.3, -0.25) is 3.11 Å². The highest BCUT2D eigenvalue weighted by atomic mass is 127. The molecule has 0 aromatic carbocycles. The first-order valence-electron chi connectivity index (χ1n) is 5.17. The molecule has 0 aromatic rings. The maximum Gasteiger partial charge on any atom is 0.160 e. The second kappa shape index (κ2) is 5.09. The summed E-state index contributed by atoms with van der Waals surface area (Å²) in [6, 6.07) is 0.281. The summed E-state index contributed by atoms with van der Waals surface area (Å²) in [5.41, 5.74) is 0.970.